The zero-order valence-corrected chi connectivity index (χ0v) is 10.3. The molecule has 3 nitrogen and oxygen atoms in total. The molecule has 0 N–H and O–H groups in total. The Morgan fingerprint density at radius 2 is 1.78 bits per heavy atom. The normalized spacial score (nSPS) is 21.5. The number of carbonyl (C=O) groups excluding carboxylic acids is 1. The van der Waals surface area contributed by atoms with Crippen molar-refractivity contribution >= 4 is 6.29 Å². The van der Waals surface area contributed by atoms with Crippen LogP contribution in [0.1, 0.15) is 43.5 Å². The van der Waals surface area contributed by atoms with Gasteiger partial charge in [-0.1, -0.05) is 0 Å². The van der Waals surface area contributed by atoms with E-state index >= 15 is 0 Å². The lowest BCUT2D eigenvalue weighted by Crippen LogP contribution is -2.37. The molecule has 1 aromatic rings. The van der Waals surface area contributed by atoms with E-state index in [1.165, 1.54) is 0 Å². The van der Waals surface area contributed by atoms with Crippen LogP contribution in [0.2, 0.25) is 0 Å². The summed E-state index contributed by atoms with van der Waals surface area (Å²) in [6.07, 6.45) is 4.67. The fraction of sp³-hybridized carbons (Fsp3) is 0.615. The maximum atomic E-state index is 13.2. The van der Waals surface area contributed by atoms with Crippen molar-refractivity contribution in [2.24, 2.45) is 0 Å². The zero-order chi connectivity index (χ0) is 13.2. The molecular formula is C13H16F2N2O. The smallest absolute Gasteiger partial charge is 0.248 e. The van der Waals surface area contributed by atoms with Crippen LogP contribution >= 0.6 is 0 Å². The van der Waals surface area contributed by atoms with E-state index in [2.05, 4.69) is 9.97 Å². The molecule has 0 saturated heterocycles. The molecule has 0 aliphatic heterocycles. The minimum atomic E-state index is -2.60. The second-order valence-corrected chi connectivity index (χ2v) is 5.03. The molecule has 0 aromatic carbocycles. The number of rotatable bonds is 3. The standard InChI is InChI=1S/C13H16F2N2O/c1-10-16-8-11(9-17-10)12(6-7-18)2-4-13(14,15)5-3-12/h7-9H,2-6H2,1H3. The van der Waals surface area contributed by atoms with Gasteiger partial charge in [-0.25, -0.2) is 18.7 Å². The minimum absolute atomic E-state index is 0.172. The summed E-state index contributed by atoms with van der Waals surface area (Å²) < 4.78 is 26.5. The van der Waals surface area contributed by atoms with E-state index in [1.807, 2.05) is 0 Å². The van der Waals surface area contributed by atoms with E-state index in [4.69, 9.17) is 0 Å². The number of carbonyl (C=O) groups is 1. The highest BCUT2D eigenvalue weighted by atomic mass is 19.3. The van der Waals surface area contributed by atoms with Crippen molar-refractivity contribution < 1.29 is 13.6 Å². The summed E-state index contributed by atoms with van der Waals surface area (Å²) in [5.41, 5.74) is 0.299. The number of aromatic nitrogens is 2. The zero-order valence-electron chi connectivity index (χ0n) is 10.3. The topological polar surface area (TPSA) is 42.9 Å². The van der Waals surface area contributed by atoms with Gasteiger partial charge >= 0.3 is 0 Å². The van der Waals surface area contributed by atoms with Crippen molar-refractivity contribution in [2.75, 3.05) is 0 Å². The first-order valence-corrected chi connectivity index (χ1v) is 6.08. The third-order valence-corrected chi connectivity index (χ3v) is 3.81. The Balaban J connectivity index is 2.28. The number of alkyl halides is 2. The molecule has 0 radical (unpaired) electrons. The molecule has 0 amide bonds. The number of aldehydes is 1. The Bertz CT molecular complexity index is 421. The van der Waals surface area contributed by atoms with Crippen molar-refractivity contribution in [1.29, 1.82) is 0 Å². The van der Waals surface area contributed by atoms with E-state index < -0.39 is 11.3 Å². The predicted molar refractivity (Wildman–Crippen MR) is 62.5 cm³/mol. The molecule has 18 heavy (non-hydrogen) atoms. The maximum absolute atomic E-state index is 13.2. The molecule has 98 valence electrons. The number of nitrogens with zero attached hydrogens (tertiary/aromatic N) is 2. The molecule has 5 heteroatoms. The summed E-state index contributed by atoms with van der Waals surface area (Å²) in [6, 6.07) is 0. The lowest BCUT2D eigenvalue weighted by molar-refractivity contribution is -0.110. The van der Waals surface area contributed by atoms with E-state index in [0.29, 0.717) is 18.7 Å². The summed E-state index contributed by atoms with van der Waals surface area (Å²) in [7, 11) is 0. The SMILES string of the molecule is Cc1ncc(C2(CC=O)CCC(F)(F)CC2)cn1. The Hall–Kier alpha value is -1.39. The van der Waals surface area contributed by atoms with Crippen molar-refractivity contribution in [3.8, 4) is 0 Å². The van der Waals surface area contributed by atoms with Crippen LogP contribution in [0.4, 0.5) is 8.78 Å². The monoisotopic (exact) mass is 254 g/mol. The van der Waals surface area contributed by atoms with Gasteiger partial charge in [0, 0.05) is 37.1 Å². The molecule has 1 aliphatic carbocycles. The van der Waals surface area contributed by atoms with Crippen molar-refractivity contribution in [1.82, 2.24) is 9.97 Å². The van der Waals surface area contributed by atoms with Crippen molar-refractivity contribution in [3.05, 3.63) is 23.8 Å². The molecule has 0 spiro atoms. The Labute approximate surface area is 105 Å². The van der Waals surface area contributed by atoms with Gasteiger partial charge in [0.05, 0.1) is 0 Å². The van der Waals surface area contributed by atoms with E-state index in [0.717, 1.165) is 11.8 Å². The van der Waals surface area contributed by atoms with Crippen LogP contribution < -0.4 is 0 Å². The average Bonchev–Trinajstić information content (AvgIpc) is 2.34. The van der Waals surface area contributed by atoms with Gasteiger partial charge in [0.25, 0.3) is 0 Å². The van der Waals surface area contributed by atoms with Crippen LogP contribution in [-0.2, 0) is 10.2 Å². The largest absolute Gasteiger partial charge is 0.303 e. The van der Waals surface area contributed by atoms with Gasteiger partial charge in [-0.15, -0.1) is 0 Å². The first-order chi connectivity index (χ1) is 8.47. The molecular weight excluding hydrogens is 238 g/mol. The number of halogens is 2. The van der Waals surface area contributed by atoms with Crippen molar-refractivity contribution in [2.45, 2.75) is 50.4 Å². The Morgan fingerprint density at radius 1 is 1.22 bits per heavy atom. The van der Waals surface area contributed by atoms with Crippen LogP contribution in [0.3, 0.4) is 0 Å². The second kappa shape index (κ2) is 4.71. The summed E-state index contributed by atoms with van der Waals surface area (Å²) in [4.78, 5) is 19.1. The van der Waals surface area contributed by atoms with Crippen molar-refractivity contribution in [3.63, 3.8) is 0 Å². The van der Waals surface area contributed by atoms with Crippen LogP contribution in [0.5, 0.6) is 0 Å². The van der Waals surface area contributed by atoms with Crippen LogP contribution in [0.25, 0.3) is 0 Å². The lowest BCUT2D eigenvalue weighted by Gasteiger charge is -2.39. The quantitative estimate of drug-likeness (QED) is 0.779. The number of hydrogen-bond donors (Lipinski definition) is 0. The van der Waals surface area contributed by atoms with Crippen LogP contribution in [-0.4, -0.2) is 22.2 Å². The maximum Gasteiger partial charge on any atom is 0.248 e. The van der Waals surface area contributed by atoms with Gasteiger partial charge in [-0.3, -0.25) is 0 Å². The summed E-state index contributed by atoms with van der Waals surface area (Å²) >= 11 is 0. The third-order valence-electron chi connectivity index (χ3n) is 3.81. The van der Waals surface area contributed by atoms with Gasteiger partial charge in [0.15, 0.2) is 0 Å². The molecule has 1 aromatic heterocycles. The molecule has 0 unspecified atom stereocenters. The first kappa shape index (κ1) is 13.1. The molecule has 1 aliphatic rings. The summed E-state index contributed by atoms with van der Waals surface area (Å²) in [5.74, 6) is -1.96. The molecule has 0 atom stereocenters. The van der Waals surface area contributed by atoms with Crippen LogP contribution in [0, 0.1) is 6.92 Å². The fourth-order valence-electron chi connectivity index (χ4n) is 2.53. The highest BCUT2D eigenvalue weighted by molar-refractivity contribution is 5.53. The Kier molecular flexibility index (Phi) is 3.41. The lowest BCUT2D eigenvalue weighted by atomic mass is 9.67. The van der Waals surface area contributed by atoms with Gasteiger partial charge in [-0.2, -0.15) is 0 Å². The number of aryl methyl sites for hydroxylation is 1. The van der Waals surface area contributed by atoms with Gasteiger partial charge in [-0.05, 0) is 25.3 Å². The Morgan fingerprint density at radius 3 is 2.28 bits per heavy atom. The highest BCUT2D eigenvalue weighted by Crippen LogP contribution is 2.46. The molecule has 1 fully saturated rings. The highest BCUT2D eigenvalue weighted by Gasteiger charge is 2.44. The average molecular weight is 254 g/mol. The van der Waals surface area contributed by atoms with E-state index in [9.17, 15) is 13.6 Å². The molecule has 2 rings (SSSR count). The summed E-state index contributed by atoms with van der Waals surface area (Å²) in [6.45, 7) is 1.77. The van der Waals surface area contributed by atoms with Gasteiger partial charge in [0.1, 0.15) is 12.1 Å². The van der Waals surface area contributed by atoms with Gasteiger partial charge < -0.3 is 4.79 Å². The summed E-state index contributed by atoms with van der Waals surface area (Å²) in [5, 5.41) is 0. The van der Waals surface area contributed by atoms with E-state index in [-0.39, 0.29) is 19.3 Å². The predicted octanol–water partition coefficient (Wildman–Crippen LogP) is 2.82. The van der Waals surface area contributed by atoms with E-state index in [1.54, 1.807) is 19.3 Å². The fourth-order valence-corrected chi connectivity index (χ4v) is 2.53. The first-order valence-electron chi connectivity index (χ1n) is 6.08. The number of hydrogen-bond acceptors (Lipinski definition) is 3. The molecule has 0 bridgehead atoms. The minimum Gasteiger partial charge on any atom is -0.303 e. The third kappa shape index (κ3) is 2.54. The molecule has 1 heterocycles. The van der Waals surface area contributed by atoms with Gasteiger partial charge in [0.2, 0.25) is 5.92 Å². The van der Waals surface area contributed by atoms with Crippen LogP contribution in [0.15, 0.2) is 12.4 Å². The molecule has 1 saturated carbocycles. The second-order valence-electron chi connectivity index (χ2n) is 5.03.